The molecule has 1 N–H and O–H groups in total. The third-order valence-electron chi connectivity index (χ3n) is 2.30. The van der Waals surface area contributed by atoms with Gasteiger partial charge in [0.15, 0.2) is 0 Å². The lowest BCUT2D eigenvalue weighted by molar-refractivity contribution is 0.149. The molecule has 0 spiro atoms. The van der Waals surface area contributed by atoms with Gasteiger partial charge in [-0.15, -0.1) is 0 Å². The molecule has 0 heterocycles. The lowest BCUT2D eigenvalue weighted by Gasteiger charge is -2.13. The maximum absolute atomic E-state index is 9.76. The van der Waals surface area contributed by atoms with Crippen LogP contribution in [-0.4, -0.2) is 11.2 Å². The minimum absolute atomic E-state index is 0.197. The van der Waals surface area contributed by atoms with Crippen molar-refractivity contribution < 1.29 is 5.11 Å². The first-order valence-corrected chi connectivity index (χ1v) is 5.31. The van der Waals surface area contributed by atoms with Crippen LogP contribution in [0.5, 0.6) is 0 Å². The Labute approximate surface area is 86.8 Å². The summed E-state index contributed by atoms with van der Waals surface area (Å²) in [5.41, 5.74) is 2.50. The minimum Gasteiger partial charge on any atom is -0.393 e. The predicted molar refractivity (Wildman–Crippen MR) is 60.3 cm³/mol. The number of aryl methyl sites for hydroxylation is 1. The zero-order chi connectivity index (χ0) is 10.6. The molecule has 0 saturated carbocycles. The topological polar surface area (TPSA) is 20.2 Å². The van der Waals surface area contributed by atoms with E-state index in [1.54, 1.807) is 0 Å². The van der Waals surface area contributed by atoms with E-state index in [0.717, 1.165) is 12.8 Å². The van der Waals surface area contributed by atoms with Crippen molar-refractivity contribution >= 4 is 0 Å². The lowest BCUT2D eigenvalue weighted by atomic mass is 9.99. The summed E-state index contributed by atoms with van der Waals surface area (Å²) in [6, 6.07) is 8.35. The van der Waals surface area contributed by atoms with Gasteiger partial charge in [-0.25, -0.2) is 0 Å². The zero-order valence-electron chi connectivity index (χ0n) is 9.33. The Bertz CT molecular complexity index is 278. The second-order valence-electron chi connectivity index (χ2n) is 4.48. The summed E-state index contributed by atoms with van der Waals surface area (Å²) in [5, 5.41) is 9.76. The van der Waals surface area contributed by atoms with E-state index in [1.165, 1.54) is 11.1 Å². The van der Waals surface area contributed by atoms with Gasteiger partial charge in [0.25, 0.3) is 0 Å². The van der Waals surface area contributed by atoms with Gasteiger partial charge >= 0.3 is 0 Å². The second-order valence-corrected chi connectivity index (χ2v) is 4.48. The molecule has 14 heavy (non-hydrogen) atoms. The molecule has 1 heteroatoms. The first kappa shape index (κ1) is 11.3. The standard InChI is InChI=1S/C13H20O/c1-10(2)7-13(14)9-12-6-4-5-11(3)8-12/h4-6,8,10,13-14H,7,9H2,1-3H3. The van der Waals surface area contributed by atoms with Crippen LogP contribution in [0.15, 0.2) is 24.3 Å². The molecule has 78 valence electrons. The van der Waals surface area contributed by atoms with Gasteiger partial charge in [0.2, 0.25) is 0 Å². The molecule has 1 aromatic carbocycles. The van der Waals surface area contributed by atoms with Crippen LogP contribution in [0.25, 0.3) is 0 Å². The SMILES string of the molecule is Cc1cccc(CC(O)CC(C)C)c1. The van der Waals surface area contributed by atoms with E-state index in [-0.39, 0.29) is 6.10 Å². The van der Waals surface area contributed by atoms with E-state index < -0.39 is 0 Å². The van der Waals surface area contributed by atoms with Crippen molar-refractivity contribution in [2.45, 2.75) is 39.7 Å². The fraction of sp³-hybridized carbons (Fsp3) is 0.538. The van der Waals surface area contributed by atoms with Crippen LogP contribution in [0.3, 0.4) is 0 Å². The van der Waals surface area contributed by atoms with Gasteiger partial charge in [-0.2, -0.15) is 0 Å². The van der Waals surface area contributed by atoms with Crippen LogP contribution in [0, 0.1) is 12.8 Å². The van der Waals surface area contributed by atoms with Crippen LogP contribution in [-0.2, 0) is 6.42 Å². The molecule has 0 aromatic heterocycles. The summed E-state index contributed by atoms with van der Waals surface area (Å²) >= 11 is 0. The van der Waals surface area contributed by atoms with Crippen LogP contribution < -0.4 is 0 Å². The molecular weight excluding hydrogens is 172 g/mol. The maximum Gasteiger partial charge on any atom is 0.0583 e. The van der Waals surface area contributed by atoms with E-state index in [9.17, 15) is 5.11 Å². The quantitative estimate of drug-likeness (QED) is 0.777. The van der Waals surface area contributed by atoms with Gasteiger partial charge in [-0.05, 0) is 31.2 Å². The van der Waals surface area contributed by atoms with Crippen molar-refractivity contribution in [1.29, 1.82) is 0 Å². The molecule has 1 unspecified atom stereocenters. The Morgan fingerprint density at radius 3 is 2.57 bits per heavy atom. The number of aliphatic hydroxyl groups excluding tert-OH is 1. The summed E-state index contributed by atoms with van der Waals surface area (Å²) in [6.07, 6.45) is 1.46. The van der Waals surface area contributed by atoms with E-state index >= 15 is 0 Å². The third kappa shape index (κ3) is 3.93. The summed E-state index contributed by atoms with van der Waals surface area (Å²) in [4.78, 5) is 0. The number of aliphatic hydroxyl groups is 1. The molecule has 1 rings (SSSR count). The summed E-state index contributed by atoms with van der Waals surface area (Å²) in [5.74, 6) is 0.565. The molecule has 0 aliphatic carbocycles. The molecule has 0 aliphatic heterocycles. The first-order valence-electron chi connectivity index (χ1n) is 5.31. The summed E-state index contributed by atoms with van der Waals surface area (Å²) in [7, 11) is 0. The molecule has 0 saturated heterocycles. The largest absolute Gasteiger partial charge is 0.393 e. The molecule has 1 aromatic rings. The summed E-state index contributed by atoms with van der Waals surface area (Å²) < 4.78 is 0. The number of hydrogen-bond donors (Lipinski definition) is 1. The number of hydrogen-bond acceptors (Lipinski definition) is 1. The van der Waals surface area contributed by atoms with E-state index in [2.05, 4.69) is 39.0 Å². The fourth-order valence-electron chi connectivity index (χ4n) is 1.74. The van der Waals surface area contributed by atoms with Crippen LogP contribution in [0.1, 0.15) is 31.4 Å². The van der Waals surface area contributed by atoms with Gasteiger partial charge in [-0.3, -0.25) is 0 Å². The van der Waals surface area contributed by atoms with Gasteiger partial charge in [0.1, 0.15) is 0 Å². The van der Waals surface area contributed by atoms with Crippen molar-refractivity contribution in [3.8, 4) is 0 Å². The Morgan fingerprint density at radius 2 is 2.00 bits per heavy atom. The minimum atomic E-state index is -0.197. The predicted octanol–water partition coefficient (Wildman–Crippen LogP) is 2.94. The van der Waals surface area contributed by atoms with Gasteiger partial charge in [-0.1, -0.05) is 43.7 Å². The van der Waals surface area contributed by atoms with Gasteiger partial charge in [0.05, 0.1) is 6.10 Å². The van der Waals surface area contributed by atoms with Crippen molar-refractivity contribution in [1.82, 2.24) is 0 Å². The Balaban J connectivity index is 2.51. The highest BCUT2D eigenvalue weighted by Gasteiger charge is 2.07. The first-order chi connectivity index (χ1) is 6.58. The molecule has 1 nitrogen and oxygen atoms in total. The van der Waals surface area contributed by atoms with Crippen LogP contribution >= 0.6 is 0 Å². The van der Waals surface area contributed by atoms with E-state index in [4.69, 9.17) is 0 Å². The molecule has 0 fully saturated rings. The van der Waals surface area contributed by atoms with E-state index in [0.29, 0.717) is 5.92 Å². The smallest absolute Gasteiger partial charge is 0.0583 e. The molecule has 0 radical (unpaired) electrons. The molecule has 0 amide bonds. The normalized spacial score (nSPS) is 13.2. The highest BCUT2D eigenvalue weighted by atomic mass is 16.3. The highest BCUT2D eigenvalue weighted by molar-refractivity contribution is 5.22. The Morgan fingerprint density at radius 1 is 1.29 bits per heavy atom. The molecule has 0 bridgehead atoms. The fourth-order valence-corrected chi connectivity index (χ4v) is 1.74. The Hall–Kier alpha value is -0.820. The second kappa shape index (κ2) is 5.16. The van der Waals surface area contributed by atoms with E-state index in [1.807, 2.05) is 6.07 Å². The maximum atomic E-state index is 9.76. The monoisotopic (exact) mass is 192 g/mol. The summed E-state index contributed by atoms with van der Waals surface area (Å²) in [6.45, 7) is 6.36. The van der Waals surface area contributed by atoms with Crippen molar-refractivity contribution in [3.63, 3.8) is 0 Å². The van der Waals surface area contributed by atoms with Crippen molar-refractivity contribution in [2.24, 2.45) is 5.92 Å². The van der Waals surface area contributed by atoms with Crippen LogP contribution in [0.2, 0.25) is 0 Å². The molecule has 0 aliphatic rings. The highest BCUT2D eigenvalue weighted by Crippen LogP contribution is 2.11. The third-order valence-corrected chi connectivity index (χ3v) is 2.30. The van der Waals surface area contributed by atoms with Gasteiger partial charge < -0.3 is 5.11 Å². The Kier molecular flexibility index (Phi) is 4.15. The molecule has 1 atom stereocenters. The van der Waals surface area contributed by atoms with Crippen molar-refractivity contribution in [3.05, 3.63) is 35.4 Å². The average molecular weight is 192 g/mol. The average Bonchev–Trinajstić information content (AvgIpc) is 2.01. The van der Waals surface area contributed by atoms with Crippen molar-refractivity contribution in [2.75, 3.05) is 0 Å². The number of benzene rings is 1. The lowest BCUT2D eigenvalue weighted by Crippen LogP contribution is -2.13. The number of rotatable bonds is 4. The van der Waals surface area contributed by atoms with Crippen LogP contribution in [0.4, 0.5) is 0 Å². The molecular formula is C13H20O. The zero-order valence-corrected chi connectivity index (χ0v) is 9.33. The van der Waals surface area contributed by atoms with Gasteiger partial charge in [0, 0.05) is 0 Å².